The molecule has 1 rings (SSSR count). The van der Waals surface area contributed by atoms with Gasteiger partial charge in [0, 0.05) is 10.9 Å². The second-order valence-electron chi connectivity index (χ2n) is 5.33. The zero-order valence-corrected chi connectivity index (χ0v) is 11.8. The first-order valence-corrected chi connectivity index (χ1v) is 7.21. The Balaban J connectivity index is 2.17. The molecule has 1 aromatic rings. The summed E-state index contributed by atoms with van der Waals surface area (Å²) < 4.78 is 0. The van der Waals surface area contributed by atoms with Crippen molar-refractivity contribution < 1.29 is 0 Å². The van der Waals surface area contributed by atoms with Crippen molar-refractivity contribution in [1.29, 1.82) is 0 Å². The maximum atomic E-state index is 3.63. The Bertz CT molecular complexity index is 266. The summed E-state index contributed by atoms with van der Waals surface area (Å²) in [4.78, 5) is 1.51. The Labute approximate surface area is 104 Å². The van der Waals surface area contributed by atoms with Crippen molar-refractivity contribution in [1.82, 2.24) is 5.32 Å². The lowest BCUT2D eigenvalue weighted by Crippen LogP contribution is -2.31. The van der Waals surface area contributed by atoms with E-state index in [1.54, 1.807) is 0 Å². The van der Waals surface area contributed by atoms with Crippen LogP contribution in [0, 0.1) is 11.8 Å². The fourth-order valence-corrected chi connectivity index (χ4v) is 2.91. The highest BCUT2D eigenvalue weighted by Gasteiger charge is 2.08. The van der Waals surface area contributed by atoms with Crippen molar-refractivity contribution in [2.75, 3.05) is 6.54 Å². The molecule has 92 valence electrons. The van der Waals surface area contributed by atoms with Crippen molar-refractivity contribution in [3.05, 3.63) is 22.4 Å². The summed E-state index contributed by atoms with van der Waals surface area (Å²) in [7, 11) is 0. The summed E-state index contributed by atoms with van der Waals surface area (Å²) in [6.07, 6.45) is 2.48. The van der Waals surface area contributed by atoms with Crippen LogP contribution in [-0.2, 0) is 6.42 Å². The third kappa shape index (κ3) is 5.66. The van der Waals surface area contributed by atoms with Gasteiger partial charge in [-0.15, -0.1) is 11.3 Å². The molecular weight excluding hydrogens is 214 g/mol. The van der Waals surface area contributed by atoms with Crippen LogP contribution in [0.25, 0.3) is 0 Å². The minimum absolute atomic E-state index is 0.644. The second kappa shape index (κ2) is 7.08. The third-order valence-electron chi connectivity index (χ3n) is 2.77. The first-order chi connectivity index (χ1) is 7.58. The number of nitrogens with one attached hydrogen (secondary N) is 1. The molecule has 0 aliphatic heterocycles. The van der Waals surface area contributed by atoms with Crippen LogP contribution < -0.4 is 5.32 Å². The van der Waals surface area contributed by atoms with Crippen LogP contribution in [0.2, 0.25) is 0 Å². The first-order valence-electron chi connectivity index (χ1n) is 6.33. The third-order valence-corrected chi connectivity index (χ3v) is 3.67. The van der Waals surface area contributed by atoms with E-state index >= 15 is 0 Å². The molecule has 1 N–H and O–H groups in total. The van der Waals surface area contributed by atoms with Crippen molar-refractivity contribution in [2.45, 2.75) is 46.6 Å². The molecule has 0 saturated carbocycles. The molecule has 0 spiro atoms. The van der Waals surface area contributed by atoms with Gasteiger partial charge in [0.2, 0.25) is 0 Å². The van der Waals surface area contributed by atoms with Gasteiger partial charge in [0.05, 0.1) is 0 Å². The molecule has 0 aliphatic rings. The minimum atomic E-state index is 0.644. The molecule has 0 amide bonds. The smallest absolute Gasteiger partial charge is 0.00483 e. The highest BCUT2D eigenvalue weighted by molar-refractivity contribution is 7.09. The highest BCUT2D eigenvalue weighted by Crippen LogP contribution is 2.14. The Kier molecular flexibility index (Phi) is 6.07. The summed E-state index contributed by atoms with van der Waals surface area (Å²) >= 11 is 1.87. The van der Waals surface area contributed by atoms with Crippen molar-refractivity contribution in [2.24, 2.45) is 11.8 Å². The average molecular weight is 239 g/mol. The van der Waals surface area contributed by atoms with Crippen LogP contribution in [0.3, 0.4) is 0 Å². The van der Waals surface area contributed by atoms with Gasteiger partial charge in [0.1, 0.15) is 0 Å². The summed E-state index contributed by atoms with van der Waals surface area (Å²) in [6.45, 7) is 10.3. The fraction of sp³-hybridized carbons (Fsp3) is 0.714. The summed E-state index contributed by atoms with van der Waals surface area (Å²) in [5, 5.41) is 5.79. The van der Waals surface area contributed by atoms with E-state index in [0.29, 0.717) is 6.04 Å². The van der Waals surface area contributed by atoms with E-state index in [1.165, 1.54) is 17.7 Å². The predicted molar refractivity (Wildman–Crippen MR) is 74.1 cm³/mol. The normalized spacial score (nSPS) is 15.3. The van der Waals surface area contributed by atoms with Gasteiger partial charge in [0.25, 0.3) is 0 Å². The Morgan fingerprint density at radius 2 is 2.00 bits per heavy atom. The molecule has 0 saturated heterocycles. The van der Waals surface area contributed by atoms with Crippen LogP contribution in [0.1, 0.15) is 39.0 Å². The predicted octanol–water partition coefficient (Wildman–Crippen LogP) is 3.95. The van der Waals surface area contributed by atoms with Crippen LogP contribution in [0.5, 0.6) is 0 Å². The molecule has 0 aromatic carbocycles. The minimum Gasteiger partial charge on any atom is -0.314 e. The Morgan fingerprint density at radius 1 is 1.25 bits per heavy atom. The van der Waals surface area contributed by atoms with E-state index in [4.69, 9.17) is 0 Å². The molecule has 2 unspecified atom stereocenters. The summed E-state index contributed by atoms with van der Waals surface area (Å²) in [5.41, 5.74) is 0. The van der Waals surface area contributed by atoms with Gasteiger partial charge in [-0.1, -0.05) is 26.8 Å². The molecule has 2 heteroatoms. The molecule has 16 heavy (non-hydrogen) atoms. The van der Waals surface area contributed by atoms with E-state index in [0.717, 1.165) is 18.4 Å². The van der Waals surface area contributed by atoms with Crippen molar-refractivity contribution >= 4 is 11.3 Å². The SMILES string of the molecule is CC(C)CC(C)NCC(C)Cc1cccs1. The van der Waals surface area contributed by atoms with Gasteiger partial charge in [-0.2, -0.15) is 0 Å². The Morgan fingerprint density at radius 3 is 2.56 bits per heavy atom. The van der Waals surface area contributed by atoms with Gasteiger partial charge in [0.15, 0.2) is 0 Å². The van der Waals surface area contributed by atoms with Crippen molar-refractivity contribution in [3.63, 3.8) is 0 Å². The fourth-order valence-electron chi connectivity index (χ4n) is 2.04. The van der Waals surface area contributed by atoms with Crippen LogP contribution in [-0.4, -0.2) is 12.6 Å². The van der Waals surface area contributed by atoms with Crippen molar-refractivity contribution in [3.8, 4) is 0 Å². The lowest BCUT2D eigenvalue weighted by Gasteiger charge is -2.18. The number of rotatable bonds is 7. The van der Waals surface area contributed by atoms with Crippen LogP contribution in [0.15, 0.2) is 17.5 Å². The van der Waals surface area contributed by atoms with E-state index in [9.17, 15) is 0 Å². The molecule has 0 aliphatic carbocycles. The van der Waals surface area contributed by atoms with Gasteiger partial charge in [-0.3, -0.25) is 0 Å². The maximum Gasteiger partial charge on any atom is 0.00483 e. The largest absolute Gasteiger partial charge is 0.314 e. The van der Waals surface area contributed by atoms with Gasteiger partial charge < -0.3 is 5.32 Å². The average Bonchev–Trinajstić information content (AvgIpc) is 2.66. The Hall–Kier alpha value is -0.340. The van der Waals surface area contributed by atoms with Gasteiger partial charge >= 0.3 is 0 Å². The molecule has 1 aromatic heterocycles. The first kappa shape index (κ1) is 13.7. The monoisotopic (exact) mass is 239 g/mol. The van der Waals surface area contributed by atoms with E-state index in [2.05, 4.69) is 50.5 Å². The second-order valence-corrected chi connectivity index (χ2v) is 6.36. The zero-order chi connectivity index (χ0) is 12.0. The quantitative estimate of drug-likeness (QED) is 0.759. The number of hydrogen-bond acceptors (Lipinski definition) is 2. The van der Waals surface area contributed by atoms with E-state index < -0.39 is 0 Å². The zero-order valence-electron chi connectivity index (χ0n) is 11.0. The standard InChI is InChI=1S/C14H25NS/c1-11(2)8-13(4)15-10-12(3)9-14-6-5-7-16-14/h5-7,11-13,15H,8-10H2,1-4H3. The topological polar surface area (TPSA) is 12.0 Å². The van der Waals surface area contributed by atoms with E-state index in [-0.39, 0.29) is 0 Å². The molecule has 0 radical (unpaired) electrons. The lowest BCUT2D eigenvalue weighted by atomic mass is 10.0. The van der Waals surface area contributed by atoms with Gasteiger partial charge in [-0.05, 0) is 49.6 Å². The number of hydrogen-bond donors (Lipinski definition) is 1. The molecule has 0 bridgehead atoms. The number of thiophene rings is 1. The molecule has 0 fully saturated rings. The lowest BCUT2D eigenvalue weighted by molar-refractivity contribution is 0.406. The van der Waals surface area contributed by atoms with Crippen LogP contribution >= 0.6 is 11.3 Å². The molecular formula is C14H25NS. The maximum absolute atomic E-state index is 3.63. The summed E-state index contributed by atoms with van der Waals surface area (Å²) in [6, 6.07) is 5.02. The van der Waals surface area contributed by atoms with Crippen LogP contribution in [0.4, 0.5) is 0 Å². The molecule has 1 heterocycles. The highest BCUT2D eigenvalue weighted by atomic mass is 32.1. The summed E-state index contributed by atoms with van der Waals surface area (Å²) in [5.74, 6) is 1.52. The van der Waals surface area contributed by atoms with Gasteiger partial charge in [-0.25, -0.2) is 0 Å². The molecule has 1 nitrogen and oxygen atoms in total. The van der Waals surface area contributed by atoms with E-state index in [1.807, 2.05) is 11.3 Å². The molecule has 2 atom stereocenters.